The highest BCUT2D eigenvalue weighted by molar-refractivity contribution is 6.27. The van der Waals surface area contributed by atoms with E-state index in [1.165, 1.54) is 0 Å². The fraction of sp³-hybridized carbons (Fsp3) is 0.667. The smallest absolute Gasteiger partial charge is 0.312 e. The van der Waals surface area contributed by atoms with Gasteiger partial charge in [-0.05, 0) is 18.0 Å². The Labute approximate surface area is 69.5 Å². The lowest BCUT2D eigenvalue weighted by Crippen LogP contribution is -1.93. The van der Waals surface area contributed by atoms with Gasteiger partial charge < -0.3 is 9.15 Å². The number of hydrogen-bond donors (Lipinski definition) is 0. The highest BCUT2D eigenvalue weighted by Crippen LogP contribution is 2.05. The van der Waals surface area contributed by atoms with E-state index in [0.717, 1.165) is 6.42 Å². The Morgan fingerprint density at radius 3 is 2.91 bits per heavy atom. The molecule has 1 heterocycles. The van der Waals surface area contributed by atoms with Crippen LogP contribution in [0.25, 0.3) is 0 Å². The molecular weight excluding hydrogens is 168 g/mol. The van der Waals surface area contributed by atoms with Crippen molar-refractivity contribution in [3.8, 4) is 0 Å². The first-order chi connectivity index (χ1) is 5.33. The van der Waals surface area contributed by atoms with Crippen LogP contribution < -0.4 is 0 Å². The van der Waals surface area contributed by atoms with Crippen molar-refractivity contribution in [2.24, 2.45) is 0 Å². The minimum atomic E-state index is 0.0556. The van der Waals surface area contributed by atoms with Crippen LogP contribution in [0, 0.1) is 0 Å². The van der Waals surface area contributed by atoms with Crippen LogP contribution in [-0.4, -0.2) is 16.8 Å². The van der Waals surface area contributed by atoms with Crippen LogP contribution in [0.5, 0.6) is 0 Å². The lowest BCUT2D eigenvalue weighted by Gasteiger charge is -1.95. The molecule has 1 aromatic heterocycles. The lowest BCUT2D eigenvalue weighted by atomic mass is 10.5. The van der Waals surface area contributed by atoms with Gasteiger partial charge in [-0.2, -0.15) is 0 Å². The molecule has 0 aliphatic carbocycles. The Hall–Kier alpha value is -0.610. The highest BCUT2D eigenvalue weighted by Gasteiger charge is 2.01. The van der Waals surface area contributed by atoms with E-state index in [1.807, 2.05) is 6.92 Å². The monoisotopic (exact) mass is 176 g/mol. The number of halogens is 1. The summed E-state index contributed by atoms with van der Waals surface area (Å²) >= 11 is 5.38. The van der Waals surface area contributed by atoms with E-state index in [9.17, 15) is 0 Å². The number of hydrogen-bond acceptors (Lipinski definition) is 4. The Kier molecular flexibility index (Phi) is 3.32. The summed E-state index contributed by atoms with van der Waals surface area (Å²) in [7, 11) is 0. The quantitative estimate of drug-likeness (QED) is 0.655. The van der Waals surface area contributed by atoms with Gasteiger partial charge in [0.2, 0.25) is 5.89 Å². The molecule has 0 fully saturated rings. The van der Waals surface area contributed by atoms with Crippen molar-refractivity contribution < 1.29 is 9.15 Å². The predicted octanol–water partition coefficient (Wildman–Crippen LogP) is 1.65. The summed E-state index contributed by atoms with van der Waals surface area (Å²) in [4.78, 5) is 0. The van der Waals surface area contributed by atoms with E-state index in [2.05, 4.69) is 10.2 Å². The molecule has 0 spiro atoms. The van der Waals surface area contributed by atoms with Gasteiger partial charge in [0, 0.05) is 6.61 Å². The molecule has 0 amide bonds. The maximum Gasteiger partial charge on any atom is 0.312 e. The highest BCUT2D eigenvalue weighted by atomic mass is 35.5. The molecule has 0 aromatic carbocycles. The van der Waals surface area contributed by atoms with Crippen LogP contribution in [0.1, 0.15) is 19.2 Å². The zero-order chi connectivity index (χ0) is 8.10. The first-order valence-corrected chi connectivity index (χ1v) is 3.76. The predicted molar refractivity (Wildman–Crippen MR) is 39.3 cm³/mol. The average molecular weight is 177 g/mol. The molecule has 0 N–H and O–H groups in total. The van der Waals surface area contributed by atoms with Crippen molar-refractivity contribution in [2.75, 3.05) is 6.61 Å². The van der Waals surface area contributed by atoms with E-state index < -0.39 is 0 Å². The first-order valence-electron chi connectivity index (χ1n) is 3.38. The molecule has 62 valence electrons. The topological polar surface area (TPSA) is 48.2 Å². The third-order valence-corrected chi connectivity index (χ3v) is 1.17. The van der Waals surface area contributed by atoms with Crippen molar-refractivity contribution in [1.82, 2.24) is 10.2 Å². The minimum Gasteiger partial charge on any atom is -0.410 e. The second-order valence-corrected chi connectivity index (χ2v) is 2.32. The summed E-state index contributed by atoms with van der Waals surface area (Å²) in [5, 5.41) is 7.13. The Bertz CT molecular complexity index is 214. The van der Waals surface area contributed by atoms with Gasteiger partial charge in [-0.1, -0.05) is 12.0 Å². The molecule has 4 nitrogen and oxygen atoms in total. The number of ether oxygens (including phenoxy) is 1. The zero-order valence-electron chi connectivity index (χ0n) is 6.21. The average Bonchev–Trinajstić information content (AvgIpc) is 2.37. The van der Waals surface area contributed by atoms with Gasteiger partial charge in [0.1, 0.15) is 6.61 Å². The molecule has 5 heteroatoms. The van der Waals surface area contributed by atoms with Crippen molar-refractivity contribution in [2.45, 2.75) is 20.0 Å². The molecule has 0 atom stereocenters. The fourth-order valence-corrected chi connectivity index (χ4v) is 0.722. The summed E-state index contributed by atoms with van der Waals surface area (Å²) < 4.78 is 9.98. The standard InChI is InChI=1S/C6H9ClN2O2/c1-2-3-10-4-5-8-9-6(7)11-5/h2-4H2,1H3. The van der Waals surface area contributed by atoms with Crippen LogP contribution in [0.4, 0.5) is 0 Å². The molecule has 0 aliphatic heterocycles. The van der Waals surface area contributed by atoms with Gasteiger partial charge in [0.15, 0.2) is 0 Å². The molecule has 0 unspecified atom stereocenters. The SMILES string of the molecule is CCCOCc1nnc(Cl)o1. The largest absolute Gasteiger partial charge is 0.410 e. The molecular formula is C6H9ClN2O2. The van der Waals surface area contributed by atoms with Gasteiger partial charge >= 0.3 is 5.35 Å². The summed E-state index contributed by atoms with van der Waals surface area (Å²) in [6.45, 7) is 3.06. The molecule has 0 saturated carbocycles. The zero-order valence-corrected chi connectivity index (χ0v) is 6.97. The van der Waals surface area contributed by atoms with Gasteiger partial charge in [0.05, 0.1) is 0 Å². The normalized spacial score (nSPS) is 10.4. The van der Waals surface area contributed by atoms with E-state index >= 15 is 0 Å². The fourth-order valence-electron chi connectivity index (χ4n) is 0.595. The first kappa shape index (κ1) is 8.49. The maximum atomic E-state index is 5.38. The summed E-state index contributed by atoms with van der Waals surface area (Å²) in [5.41, 5.74) is 0. The second kappa shape index (κ2) is 4.31. The van der Waals surface area contributed by atoms with E-state index in [1.54, 1.807) is 0 Å². The molecule has 1 rings (SSSR count). The molecule has 11 heavy (non-hydrogen) atoms. The van der Waals surface area contributed by atoms with Gasteiger partial charge in [0.25, 0.3) is 0 Å². The van der Waals surface area contributed by atoms with Crippen LogP contribution in [-0.2, 0) is 11.3 Å². The molecule has 0 bridgehead atoms. The van der Waals surface area contributed by atoms with Crippen LogP contribution in [0.3, 0.4) is 0 Å². The van der Waals surface area contributed by atoms with Crippen LogP contribution in [0.2, 0.25) is 5.35 Å². The van der Waals surface area contributed by atoms with E-state index in [0.29, 0.717) is 19.1 Å². The summed E-state index contributed by atoms with van der Waals surface area (Å²) in [6, 6.07) is 0. The Morgan fingerprint density at radius 2 is 2.36 bits per heavy atom. The number of rotatable bonds is 4. The van der Waals surface area contributed by atoms with Crippen molar-refractivity contribution in [3.63, 3.8) is 0 Å². The van der Waals surface area contributed by atoms with Gasteiger partial charge in [-0.3, -0.25) is 0 Å². The van der Waals surface area contributed by atoms with Crippen molar-refractivity contribution in [1.29, 1.82) is 0 Å². The number of nitrogens with zero attached hydrogens (tertiary/aromatic N) is 2. The van der Waals surface area contributed by atoms with Gasteiger partial charge in [-0.25, -0.2) is 0 Å². The molecule has 0 aliphatic rings. The van der Waals surface area contributed by atoms with Crippen LogP contribution in [0.15, 0.2) is 4.42 Å². The molecule has 1 aromatic rings. The van der Waals surface area contributed by atoms with Crippen molar-refractivity contribution >= 4 is 11.6 Å². The third kappa shape index (κ3) is 2.86. The van der Waals surface area contributed by atoms with Crippen LogP contribution >= 0.6 is 11.6 Å². The van der Waals surface area contributed by atoms with Gasteiger partial charge in [-0.15, -0.1) is 5.10 Å². The van der Waals surface area contributed by atoms with E-state index in [4.69, 9.17) is 20.8 Å². The lowest BCUT2D eigenvalue weighted by molar-refractivity contribution is 0.103. The van der Waals surface area contributed by atoms with E-state index in [-0.39, 0.29) is 5.35 Å². The summed E-state index contributed by atoms with van der Waals surface area (Å²) in [6.07, 6.45) is 0.974. The molecule has 0 radical (unpaired) electrons. The summed E-state index contributed by atoms with van der Waals surface area (Å²) in [5.74, 6) is 0.420. The minimum absolute atomic E-state index is 0.0556. The molecule has 0 saturated heterocycles. The maximum absolute atomic E-state index is 5.38. The third-order valence-electron chi connectivity index (χ3n) is 1.02. The Morgan fingerprint density at radius 1 is 1.55 bits per heavy atom. The number of aromatic nitrogens is 2. The second-order valence-electron chi connectivity index (χ2n) is 2.00. The van der Waals surface area contributed by atoms with Crippen molar-refractivity contribution in [3.05, 3.63) is 11.2 Å². The Balaban J connectivity index is 2.27.